The minimum Gasteiger partial charge on any atom is -0.337 e. The molecule has 0 aromatic carbocycles. The van der Waals surface area contributed by atoms with E-state index >= 15 is 0 Å². The van der Waals surface area contributed by atoms with Gasteiger partial charge in [-0.05, 0) is 18.6 Å². The highest BCUT2D eigenvalue weighted by atomic mass is 35.5. The molecule has 0 bridgehead atoms. The Kier molecular flexibility index (Phi) is 7.39. The van der Waals surface area contributed by atoms with Crippen LogP contribution in [0, 0.1) is 0 Å². The Morgan fingerprint density at radius 3 is 2.48 bits per heavy atom. The Bertz CT molecular complexity index is 440. The van der Waals surface area contributed by atoms with Crippen LogP contribution >= 0.6 is 24.8 Å². The van der Waals surface area contributed by atoms with Gasteiger partial charge >= 0.3 is 0 Å². The summed E-state index contributed by atoms with van der Waals surface area (Å²) < 4.78 is 0. The summed E-state index contributed by atoms with van der Waals surface area (Å²) in [5, 5.41) is 3.37. The van der Waals surface area contributed by atoms with Crippen LogP contribution in [0.3, 0.4) is 0 Å². The number of rotatable bonds is 2. The molecule has 2 fully saturated rings. The Balaban J connectivity index is 0.00000110. The van der Waals surface area contributed by atoms with Gasteiger partial charge in [-0.2, -0.15) is 0 Å². The van der Waals surface area contributed by atoms with E-state index in [1.807, 2.05) is 4.90 Å². The fourth-order valence-corrected chi connectivity index (χ4v) is 2.95. The molecule has 3 rings (SSSR count). The Hall–Kier alpha value is -0.880. The van der Waals surface area contributed by atoms with Crippen LogP contribution in [0.15, 0.2) is 24.5 Å². The van der Waals surface area contributed by atoms with Gasteiger partial charge < -0.3 is 10.2 Å². The summed E-state index contributed by atoms with van der Waals surface area (Å²) in [6, 6.07) is 4.12. The number of pyridine rings is 1. The normalized spacial score (nSPS) is 22.3. The van der Waals surface area contributed by atoms with E-state index in [2.05, 4.69) is 15.2 Å². The second kappa shape index (κ2) is 8.54. The van der Waals surface area contributed by atoms with Crippen LogP contribution in [0.5, 0.6) is 0 Å². The van der Waals surface area contributed by atoms with Crippen LogP contribution in [0.4, 0.5) is 0 Å². The predicted molar refractivity (Wildman–Crippen MR) is 87.5 cm³/mol. The number of nitrogens with zero attached hydrogens (tertiary/aromatic N) is 3. The highest BCUT2D eigenvalue weighted by Crippen LogP contribution is 2.18. The molecule has 5 nitrogen and oxygen atoms in total. The first kappa shape index (κ1) is 18.2. The summed E-state index contributed by atoms with van der Waals surface area (Å²) in [5.74, 6) is 0.139. The summed E-state index contributed by atoms with van der Waals surface area (Å²) in [5.41, 5.74) is 0.746. The van der Waals surface area contributed by atoms with Crippen molar-refractivity contribution in [3.63, 3.8) is 0 Å². The van der Waals surface area contributed by atoms with Crippen LogP contribution in [-0.2, 0) is 0 Å². The van der Waals surface area contributed by atoms with Crippen LogP contribution in [0.2, 0.25) is 0 Å². The molecule has 2 aliphatic heterocycles. The Morgan fingerprint density at radius 2 is 1.81 bits per heavy atom. The minimum absolute atomic E-state index is 0. The maximum atomic E-state index is 12.3. The maximum Gasteiger partial charge on any atom is 0.254 e. The van der Waals surface area contributed by atoms with Gasteiger partial charge in [-0.3, -0.25) is 14.7 Å². The number of piperazine rings is 1. The predicted octanol–water partition coefficient (Wildman–Crippen LogP) is 1.04. The van der Waals surface area contributed by atoms with Crippen molar-refractivity contribution in [1.82, 2.24) is 20.1 Å². The molecule has 118 valence electrons. The van der Waals surface area contributed by atoms with Crippen molar-refractivity contribution in [3.8, 4) is 0 Å². The van der Waals surface area contributed by atoms with E-state index in [0.29, 0.717) is 6.04 Å². The molecule has 21 heavy (non-hydrogen) atoms. The first-order valence-electron chi connectivity index (χ1n) is 6.98. The lowest BCUT2D eigenvalue weighted by molar-refractivity contribution is 0.0773. The zero-order chi connectivity index (χ0) is 13.1. The van der Waals surface area contributed by atoms with Gasteiger partial charge in [-0.1, -0.05) is 0 Å². The molecule has 0 spiro atoms. The number of carbonyl (C=O) groups is 1. The fourth-order valence-electron chi connectivity index (χ4n) is 2.95. The van der Waals surface area contributed by atoms with Gasteiger partial charge in [0.2, 0.25) is 0 Å². The molecule has 1 amide bonds. The summed E-state index contributed by atoms with van der Waals surface area (Å²) in [7, 11) is 0. The van der Waals surface area contributed by atoms with E-state index < -0.39 is 0 Å². The van der Waals surface area contributed by atoms with Crippen molar-refractivity contribution in [2.24, 2.45) is 0 Å². The highest BCUT2D eigenvalue weighted by Gasteiger charge is 2.31. The third-order valence-electron chi connectivity index (χ3n) is 4.05. The highest BCUT2D eigenvalue weighted by molar-refractivity contribution is 5.94. The van der Waals surface area contributed by atoms with Crippen molar-refractivity contribution in [2.75, 3.05) is 39.3 Å². The smallest absolute Gasteiger partial charge is 0.254 e. The second-order valence-corrected chi connectivity index (χ2v) is 5.22. The fraction of sp³-hybridized carbons (Fsp3) is 0.571. The van der Waals surface area contributed by atoms with Gasteiger partial charge in [-0.15, -0.1) is 24.8 Å². The van der Waals surface area contributed by atoms with Gasteiger partial charge in [0, 0.05) is 63.3 Å². The molecular formula is C14H22Cl2N4O. The molecular weight excluding hydrogens is 311 g/mol. The first-order chi connectivity index (χ1) is 9.34. The van der Waals surface area contributed by atoms with Crippen LogP contribution < -0.4 is 5.32 Å². The lowest BCUT2D eigenvalue weighted by atomic mass is 10.2. The van der Waals surface area contributed by atoms with Crippen molar-refractivity contribution in [3.05, 3.63) is 30.1 Å². The van der Waals surface area contributed by atoms with Gasteiger partial charge in [0.15, 0.2) is 0 Å². The molecule has 1 aromatic rings. The zero-order valence-corrected chi connectivity index (χ0v) is 13.5. The van der Waals surface area contributed by atoms with E-state index in [0.717, 1.165) is 51.3 Å². The maximum absolute atomic E-state index is 12.3. The standard InChI is InChI=1S/C14H20N4O.2ClH/c19-14(12-1-4-15-5-2-12)18-8-3-13(11-18)17-9-6-16-7-10-17;;/h1-2,4-5,13,16H,3,6-11H2;2*1H. The minimum atomic E-state index is 0. The number of hydrogen-bond donors (Lipinski definition) is 1. The van der Waals surface area contributed by atoms with E-state index in [1.54, 1.807) is 24.5 Å². The molecule has 3 heterocycles. The lowest BCUT2D eigenvalue weighted by Gasteiger charge is -2.32. The number of carbonyl (C=O) groups excluding carboxylic acids is 1. The topological polar surface area (TPSA) is 48.5 Å². The van der Waals surface area contributed by atoms with Gasteiger partial charge in [0.05, 0.1) is 0 Å². The van der Waals surface area contributed by atoms with Crippen molar-refractivity contribution in [2.45, 2.75) is 12.5 Å². The van der Waals surface area contributed by atoms with Gasteiger partial charge in [0.25, 0.3) is 5.91 Å². The molecule has 1 atom stereocenters. The van der Waals surface area contributed by atoms with Crippen molar-refractivity contribution < 1.29 is 4.79 Å². The SMILES string of the molecule is Cl.Cl.O=C(c1ccncc1)N1CCC(N2CCNCC2)C1. The van der Waals surface area contributed by atoms with Gasteiger partial charge in [0.1, 0.15) is 0 Å². The van der Waals surface area contributed by atoms with E-state index in [4.69, 9.17) is 0 Å². The van der Waals surface area contributed by atoms with Crippen LogP contribution in [-0.4, -0.2) is 66.0 Å². The van der Waals surface area contributed by atoms with E-state index in [1.165, 1.54) is 0 Å². The molecule has 2 aliphatic rings. The molecule has 0 radical (unpaired) electrons. The van der Waals surface area contributed by atoms with Crippen LogP contribution in [0.25, 0.3) is 0 Å². The zero-order valence-electron chi connectivity index (χ0n) is 11.9. The first-order valence-corrected chi connectivity index (χ1v) is 6.98. The number of halogens is 2. The average Bonchev–Trinajstić information content (AvgIpc) is 2.98. The lowest BCUT2D eigenvalue weighted by Crippen LogP contribution is -2.49. The Morgan fingerprint density at radius 1 is 1.14 bits per heavy atom. The van der Waals surface area contributed by atoms with Gasteiger partial charge in [-0.25, -0.2) is 0 Å². The summed E-state index contributed by atoms with van der Waals surface area (Å²) in [6.45, 7) is 6.06. The third kappa shape index (κ3) is 4.30. The molecule has 0 saturated carbocycles. The van der Waals surface area contributed by atoms with E-state index in [9.17, 15) is 4.79 Å². The van der Waals surface area contributed by atoms with Crippen LogP contribution in [0.1, 0.15) is 16.8 Å². The number of nitrogens with one attached hydrogen (secondary N) is 1. The second-order valence-electron chi connectivity index (χ2n) is 5.22. The number of aromatic nitrogens is 1. The van der Waals surface area contributed by atoms with Crippen molar-refractivity contribution >= 4 is 30.7 Å². The number of amides is 1. The quantitative estimate of drug-likeness (QED) is 0.879. The molecule has 2 saturated heterocycles. The summed E-state index contributed by atoms with van der Waals surface area (Å²) in [6.07, 6.45) is 4.45. The molecule has 0 aliphatic carbocycles. The third-order valence-corrected chi connectivity index (χ3v) is 4.05. The number of hydrogen-bond acceptors (Lipinski definition) is 4. The number of likely N-dealkylation sites (tertiary alicyclic amines) is 1. The van der Waals surface area contributed by atoms with E-state index in [-0.39, 0.29) is 30.7 Å². The monoisotopic (exact) mass is 332 g/mol. The Labute approximate surface area is 137 Å². The molecule has 1 aromatic heterocycles. The largest absolute Gasteiger partial charge is 0.337 e. The summed E-state index contributed by atoms with van der Waals surface area (Å²) in [4.78, 5) is 20.8. The molecule has 7 heteroatoms. The van der Waals surface area contributed by atoms with Crippen molar-refractivity contribution in [1.29, 1.82) is 0 Å². The molecule has 1 N–H and O–H groups in total. The molecule has 1 unspecified atom stereocenters. The average molecular weight is 333 g/mol. The summed E-state index contributed by atoms with van der Waals surface area (Å²) >= 11 is 0.